The van der Waals surface area contributed by atoms with Crippen molar-refractivity contribution in [1.29, 1.82) is 5.26 Å². The van der Waals surface area contributed by atoms with Crippen molar-refractivity contribution in [3.05, 3.63) is 35.4 Å². The molecule has 1 aliphatic carbocycles. The lowest BCUT2D eigenvalue weighted by molar-refractivity contribution is -0.908. The van der Waals surface area contributed by atoms with Gasteiger partial charge < -0.3 is 9.80 Å². The van der Waals surface area contributed by atoms with Gasteiger partial charge in [0.2, 0.25) is 0 Å². The second-order valence-corrected chi connectivity index (χ2v) is 7.03. The van der Waals surface area contributed by atoms with Gasteiger partial charge in [0.25, 0.3) is 5.91 Å². The van der Waals surface area contributed by atoms with Crippen LogP contribution in [0.5, 0.6) is 0 Å². The van der Waals surface area contributed by atoms with Crippen molar-refractivity contribution < 1.29 is 9.69 Å². The molecule has 1 N–H and O–H groups in total. The minimum atomic E-state index is -0.567. The molecule has 0 bridgehead atoms. The smallest absolute Gasteiger partial charge is 0.278 e. The molecule has 0 radical (unpaired) electrons. The Bertz CT molecular complexity index is 613. The number of carbonyl (C=O) groups is 1. The van der Waals surface area contributed by atoms with E-state index in [2.05, 4.69) is 30.3 Å². The average Bonchev–Trinajstić information content (AvgIpc) is 2.61. The Morgan fingerprint density at radius 2 is 1.96 bits per heavy atom. The molecule has 1 atom stereocenters. The zero-order chi connectivity index (χ0) is 16.3. The third-order valence-corrected chi connectivity index (χ3v) is 5.61. The number of likely N-dealkylation sites (N-methyl/N-ethyl adjacent to an activating group) is 1. The first-order valence-corrected chi connectivity index (χ1v) is 8.73. The quantitative estimate of drug-likeness (QED) is 0.915. The topological polar surface area (TPSA) is 48.5 Å². The first-order chi connectivity index (χ1) is 11.1. The summed E-state index contributed by atoms with van der Waals surface area (Å²) < 4.78 is 0. The molecule has 4 heteroatoms. The van der Waals surface area contributed by atoms with E-state index in [1.807, 2.05) is 7.05 Å². The summed E-state index contributed by atoms with van der Waals surface area (Å²) in [5.74, 6) is 0.114. The standard InChI is InChI=1S/C19H25N3O/c1-21(19(15-20)10-5-2-6-11-19)18(23)14-22-12-9-16-7-3-4-8-17(16)13-22/h3-4,7-8H,2,5-6,9-14H2,1H3/p+1. The molecule has 4 nitrogen and oxygen atoms in total. The number of rotatable bonds is 3. The first kappa shape index (κ1) is 16.0. The zero-order valence-corrected chi connectivity index (χ0v) is 14.0. The number of amides is 1. The minimum absolute atomic E-state index is 0.114. The van der Waals surface area contributed by atoms with Crippen molar-refractivity contribution in [3.8, 4) is 6.07 Å². The Morgan fingerprint density at radius 1 is 1.26 bits per heavy atom. The lowest BCUT2D eigenvalue weighted by atomic mass is 9.81. The van der Waals surface area contributed by atoms with Crippen LogP contribution in [0.3, 0.4) is 0 Å². The largest absolute Gasteiger partial charge is 0.323 e. The van der Waals surface area contributed by atoms with Crippen molar-refractivity contribution >= 4 is 5.91 Å². The van der Waals surface area contributed by atoms with Crippen LogP contribution in [0, 0.1) is 11.3 Å². The highest BCUT2D eigenvalue weighted by molar-refractivity contribution is 5.78. The van der Waals surface area contributed by atoms with E-state index in [4.69, 9.17) is 0 Å². The van der Waals surface area contributed by atoms with E-state index in [1.165, 1.54) is 22.4 Å². The highest BCUT2D eigenvalue weighted by Gasteiger charge is 2.39. The molecule has 1 unspecified atom stereocenters. The zero-order valence-electron chi connectivity index (χ0n) is 14.0. The van der Waals surface area contributed by atoms with E-state index in [9.17, 15) is 10.1 Å². The maximum atomic E-state index is 12.7. The summed E-state index contributed by atoms with van der Waals surface area (Å²) in [5, 5.41) is 9.65. The van der Waals surface area contributed by atoms with E-state index in [0.717, 1.165) is 45.2 Å². The van der Waals surface area contributed by atoms with Crippen LogP contribution < -0.4 is 4.90 Å². The van der Waals surface area contributed by atoms with Crippen LogP contribution in [0.2, 0.25) is 0 Å². The van der Waals surface area contributed by atoms with Crippen LogP contribution in [0.4, 0.5) is 0 Å². The second-order valence-electron chi connectivity index (χ2n) is 7.03. The maximum Gasteiger partial charge on any atom is 0.278 e. The summed E-state index contributed by atoms with van der Waals surface area (Å²) in [7, 11) is 1.83. The Labute approximate surface area is 138 Å². The summed E-state index contributed by atoms with van der Waals surface area (Å²) in [5.41, 5.74) is 2.21. The maximum absolute atomic E-state index is 12.7. The fourth-order valence-electron chi connectivity index (χ4n) is 4.02. The number of nitriles is 1. The molecular formula is C19H26N3O+. The van der Waals surface area contributed by atoms with Crippen LogP contribution in [0.25, 0.3) is 0 Å². The average molecular weight is 312 g/mol. The van der Waals surface area contributed by atoms with Gasteiger partial charge in [0, 0.05) is 19.0 Å². The second kappa shape index (κ2) is 6.72. The van der Waals surface area contributed by atoms with E-state index in [1.54, 1.807) is 4.90 Å². The van der Waals surface area contributed by atoms with Crippen molar-refractivity contribution in [2.45, 2.75) is 50.6 Å². The Kier molecular flexibility index (Phi) is 4.68. The van der Waals surface area contributed by atoms with E-state index in [-0.39, 0.29) is 5.91 Å². The summed E-state index contributed by atoms with van der Waals surface area (Å²) in [6.45, 7) is 2.40. The fourth-order valence-corrected chi connectivity index (χ4v) is 4.02. The highest BCUT2D eigenvalue weighted by Crippen LogP contribution is 2.32. The number of hydrogen-bond donors (Lipinski definition) is 1. The number of carbonyl (C=O) groups excluding carboxylic acids is 1. The highest BCUT2D eigenvalue weighted by atomic mass is 16.2. The Morgan fingerprint density at radius 3 is 2.65 bits per heavy atom. The summed E-state index contributed by atoms with van der Waals surface area (Å²) in [6, 6.07) is 11.0. The normalized spacial score (nSPS) is 22.7. The molecule has 1 amide bonds. The van der Waals surface area contributed by atoms with Gasteiger partial charge in [-0.3, -0.25) is 4.79 Å². The Hall–Kier alpha value is -1.86. The van der Waals surface area contributed by atoms with Crippen LogP contribution in [-0.2, 0) is 17.8 Å². The number of nitrogens with one attached hydrogen (secondary N) is 1. The molecule has 1 aliphatic heterocycles. The number of quaternary nitrogens is 1. The van der Waals surface area contributed by atoms with Crippen LogP contribution in [0.1, 0.15) is 43.2 Å². The molecule has 3 rings (SSSR count). The molecule has 1 aromatic rings. The van der Waals surface area contributed by atoms with Crippen molar-refractivity contribution in [1.82, 2.24) is 4.90 Å². The molecule has 0 saturated heterocycles. The molecule has 0 aromatic heterocycles. The monoisotopic (exact) mass is 312 g/mol. The van der Waals surface area contributed by atoms with Crippen molar-refractivity contribution in [2.75, 3.05) is 20.1 Å². The number of nitrogens with zero attached hydrogens (tertiary/aromatic N) is 2. The van der Waals surface area contributed by atoms with E-state index < -0.39 is 5.54 Å². The van der Waals surface area contributed by atoms with Crippen LogP contribution >= 0.6 is 0 Å². The minimum Gasteiger partial charge on any atom is -0.323 e. The SMILES string of the molecule is CN(C(=O)C[NH+]1CCc2ccccc2C1)C1(C#N)CCCCC1. The third-order valence-electron chi connectivity index (χ3n) is 5.61. The molecule has 1 aromatic carbocycles. The number of benzene rings is 1. The van der Waals surface area contributed by atoms with Gasteiger partial charge in [0.05, 0.1) is 12.6 Å². The van der Waals surface area contributed by atoms with Gasteiger partial charge in [-0.25, -0.2) is 0 Å². The predicted molar refractivity (Wildman–Crippen MR) is 88.7 cm³/mol. The summed E-state index contributed by atoms with van der Waals surface area (Å²) in [6.07, 6.45) is 5.96. The van der Waals surface area contributed by atoms with Gasteiger partial charge in [0.15, 0.2) is 6.54 Å². The van der Waals surface area contributed by atoms with Crippen molar-refractivity contribution in [3.63, 3.8) is 0 Å². The molecule has 1 fully saturated rings. The van der Waals surface area contributed by atoms with Crippen LogP contribution in [-0.4, -0.2) is 36.5 Å². The molecule has 122 valence electrons. The molecule has 1 saturated carbocycles. The summed E-state index contributed by atoms with van der Waals surface area (Å²) >= 11 is 0. The fraction of sp³-hybridized carbons (Fsp3) is 0.579. The van der Waals surface area contributed by atoms with Gasteiger partial charge >= 0.3 is 0 Å². The molecule has 0 spiro atoms. The first-order valence-electron chi connectivity index (χ1n) is 8.73. The lowest BCUT2D eigenvalue weighted by Crippen LogP contribution is -3.13. The van der Waals surface area contributed by atoms with Gasteiger partial charge in [-0.2, -0.15) is 5.26 Å². The third kappa shape index (κ3) is 3.25. The van der Waals surface area contributed by atoms with Gasteiger partial charge in [-0.05, 0) is 18.4 Å². The number of fused-ring (bicyclic) bond motifs is 1. The van der Waals surface area contributed by atoms with Gasteiger partial charge in [-0.1, -0.05) is 43.5 Å². The van der Waals surface area contributed by atoms with Crippen LogP contribution in [0.15, 0.2) is 24.3 Å². The Balaban J connectivity index is 1.64. The van der Waals surface area contributed by atoms with Crippen molar-refractivity contribution in [2.24, 2.45) is 0 Å². The van der Waals surface area contributed by atoms with E-state index in [0.29, 0.717) is 6.54 Å². The summed E-state index contributed by atoms with van der Waals surface area (Å²) in [4.78, 5) is 15.8. The lowest BCUT2D eigenvalue weighted by Gasteiger charge is -2.39. The molecular weight excluding hydrogens is 286 g/mol. The molecule has 23 heavy (non-hydrogen) atoms. The van der Waals surface area contributed by atoms with Gasteiger partial charge in [-0.15, -0.1) is 0 Å². The number of hydrogen-bond acceptors (Lipinski definition) is 2. The predicted octanol–water partition coefficient (Wildman–Crippen LogP) is 1.31. The van der Waals surface area contributed by atoms with Gasteiger partial charge in [0.1, 0.15) is 12.1 Å². The molecule has 2 aliphatic rings. The molecule has 1 heterocycles. The van der Waals surface area contributed by atoms with E-state index >= 15 is 0 Å².